The van der Waals surface area contributed by atoms with E-state index in [0.717, 1.165) is 0 Å². The molecule has 0 aromatic heterocycles. The number of hydrogen-bond acceptors (Lipinski definition) is 3. The van der Waals surface area contributed by atoms with Crippen molar-refractivity contribution < 1.29 is 9.31 Å². The molecule has 110 valence electrons. The van der Waals surface area contributed by atoms with Crippen molar-refractivity contribution in [3.63, 3.8) is 0 Å². The van der Waals surface area contributed by atoms with Crippen molar-refractivity contribution in [2.24, 2.45) is 5.73 Å². The molecule has 1 aromatic rings. The van der Waals surface area contributed by atoms with Crippen LogP contribution >= 0.6 is 34.8 Å². The first kappa shape index (κ1) is 16.4. The molecule has 0 aliphatic carbocycles. The van der Waals surface area contributed by atoms with E-state index in [1.165, 1.54) is 0 Å². The maximum absolute atomic E-state index is 6.24. The van der Waals surface area contributed by atoms with Crippen LogP contribution < -0.4 is 5.73 Å². The van der Waals surface area contributed by atoms with Crippen LogP contribution in [0.15, 0.2) is 12.1 Å². The maximum atomic E-state index is 6.24. The van der Waals surface area contributed by atoms with E-state index in [2.05, 4.69) is 0 Å². The van der Waals surface area contributed by atoms with E-state index in [0.29, 0.717) is 20.6 Å². The Kier molecular flexibility index (Phi) is 4.38. The predicted octanol–water partition coefficient (Wildman–Crippen LogP) is 4.28. The van der Waals surface area contributed by atoms with E-state index in [1.54, 1.807) is 12.1 Å². The van der Waals surface area contributed by atoms with E-state index in [-0.39, 0.29) is 0 Å². The summed E-state index contributed by atoms with van der Waals surface area (Å²) in [7, 11) is -0.631. The fourth-order valence-corrected chi connectivity index (χ4v) is 2.81. The summed E-state index contributed by atoms with van der Waals surface area (Å²) in [4.78, 5) is 0. The highest BCUT2D eigenvalue weighted by Crippen LogP contribution is 2.42. The molecule has 1 saturated heterocycles. The van der Waals surface area contributed by atoms with Crippen LogP contribution in [0.5, 0.6) is 0 Å². The summed E-state index contributed by atoms with van der Waals surface area (Å²) < 4.78 is 11.8. The molecule has 1 aromatic carbocycles. The van der Waals surface area contributed by atoms with Crippen LogP contribution in [-0.4, -0.2) is 18.3 Å². The van der Waals surface area contributed by atoms with Gasteiger partial charge in [-0.05, 0) is 39.8 Å². The molecule has 0 spiro atoms. The van der Waals surface area contributed by atoms with E-state index in [4.69, 9.17) is 49.8 Å². The molecule has 20 heavy (non-hydrogen) atoms. The molecule has 1 heterocycles. The summed E-state index contributed by atoms with van der Waals surface area (Å²) >= 11 is 18.4. The fraction of sp³-hybridized carbons (Fsp3) is 0.538. The number of nitrogens with two attached hydrogens (primary N) is 1. The van der Waals surface area contributed by atoms with Crippen LogP contribution in [0.4, 0.5) is 0 Å². The number of benzene rings is 1. The standard InChI is InChI=1S/C13H17BCl3NO2/c1-12(2)13(3,4)20-14(19-12)11(18)9-7(15)5-6-8(16)10(9)17/h5-6,11H,18H2,1-4H3/t11-/m0/s1. The molecule has 1 atom stereocenters. The second-order valence-corrected chi connectivity index (χ2v) is 7.10. The van der Waals surface area contributed by atoms with Gasteiger partial charge in [-0.2, -0.15) is 0 Å². The van der Waals surface area contributed by atoms with Crippen molar-refractivity contribution in [1.29, 1.82) is 0 Å². The first-order valence-corrected chi connectivity index (χ1v) is 7.45. The lowest BCUT2D eigenvalue weighted by atomic mass is 9.75. The molecule has 2 N–H and O–H groups in total. The van der Waals surface area contributed by atoms with Crippen LogP contribution in [0.3, 0.4) is 0 Å². The maximum Gasteiger partial charge on any atom is 0.480 e. The summed E-state index contributed by atoms with van der Waals surface area (Å²) in [6, 6.07) is 3.29. The monoisotopic (exact) mass is 335 g/mol. The normalized spacial score (nSPS) is 22.1. The first-order chi connectivity index (χ1) is 9.07. The fourth-order valence-electron chi connectivity index (χ4n) is 2.02. The smallest absolute Gasteiger partial charge is 0.402 e. The highest BCUT2D eigenvalue weighted by Gasteiger charge is 2.53. The van der Waals surface area contributed by atoms with Crippen LogP contribution in [0, 0.1) is 0 Å². The lowest BCUT2D eigenvalue weighted by Gasteiger charge is -2.32. The Morgan fingerprint density at radius 2 is 1.45 bits per heavy atom. The minimum Gasteiger partial charge on any atom is -0.402 e. The van der Waals surface area contributed by atoms with Gasteiger partial charge in [0.2, 0.25) is 0 Å². The third-order valence-corrected chi connectivity index (χ3v) is 5.13. The molecule has 1 fully saturated rings. The highest BCUT2D eigenvalue weighted by molar-refractivity contribution is 6.50. The second kappa shape index (κ2) is 5.34. The molecule has 0 amide bonds. The highest BCUT2D eigenvalue weighted by atomic mass is 35.5. The zero-order valence-electron chi connectivity index (χ0n) is 11.8. The van der Waals surface area contributed by atoms with Crippen molar-refractivity contribution in [3.8, 4) is 0 Å². The number of hydrogen-bond donors (Lipinski definition) is 1. The Bertz CT molecular complexity index is 521. The quantitative estimate of drug-likeness (QED) is 0.648. The Morgan fingerprint density at radius 3 is 1.95 bits per heavy atom. The molecular weight excluding hydrogens is 319 g/mol. The Balaban J connectivity index is 2.35. The lowest BCUT2D eigenvalue weighted by Crippen LogP contribution is -2.41. The van der Waals surface area contributed by atoms with Gasteiger partial charge < -0.3 is 15.0 Å². The van der Waals surface area contributed by atoms with Gasteiger partial charge in [-0.25, -0.2) is 0 Å². The molecule has 0 saturated carbocycles. The van der Waals surface area contributed by atoms with Gasteiger partial charge in [-0.15, -0.1) is 0 Å². The molecule has 3 nitrogen and oxygen atoms in total. The van der Waals surface area contributed by atoms with Gasteiger partial charge in [-0.1, -0.05) is 34.8 Å². The number of rotatable bonds is 2. The van der Waals surface area contributed by atoms with E-state index in [1.807, 2.05) is 27.7 Å². The molecule has 0 radical (unpaired) electrons. The van der Waals surface area contributed by atoms with Gasteiger partial charge in [0, 0.05) is 10.6 Å². The van der Waals surface area contributed by atoms with E-state index >= 15 is 0 Å². The molecule has 0 bridgehead atoms. The van der Waals surface area contributed by atoms with Gasteiger partial charge in [-0.3, -0.25) is 0 Å². The first-order valence-electron chi connectivity index (χ1n) is 6.31. The van der Waals surface area contributed by atoms with Crippen molar-refractivity contribution in [1.82, 2.24) is 0 Å². The van der Waals surface area contributed by atoms with Crippen molar-refractivity contribution in [2.75, 3.05) is 0 Å². The average molecular weight is 336 g/mol. The topological polar surface area (TPSA) is 44.5 Å². The minimum atomic E-state index is -0.631. The average Bonchev–Trinajstić information content (AvgIpc) is 2.54. The third-order valence-electron chi connectivity index (χ3n) is 3.98. The van der Waals surface area contributed by atoms with Gasteiger partial charge in [0.15, 0.2) is 0 Å². The summed E-state index contributed by atoms with van der Waals surface area (Å²) in [5.74, 6) is -0.616. The van der Waals surface area contributed by atoms with Crippen LogP contribution in [-0.2, 0) is 9.31 Å². The molecule has 2 rings (SSSR count). The summed E-state index contributed by atoms with van der Waals surface area (Å²) in [6.45, 7) is 7.84. The zero-order chi connectivity index (χ0) is 15.3. The molecule has 1 aliphatic heterocycles. The minimum absolute atomic E-state index is 0.335. The molecule has 0 unspecified atom stereocenters. The van der Waals surface area contributed by atoms with Gasteiger partial charge in [0.25, 0.3) is 0 Å². The van der Waals surface area contributed by atoms with Crippen molar-refractivity contribution in [2.45, 2.75) is 44.8 Å². The van der Waals surface area contributed by atoms with E-state index in [9.17, 15) is 0 Å². The second-order valence-electron chi connectivity index (χ2n) is 5.91. The van der Waals surface area contributed by atoms with E-state index < -0.39 is 24.3 Å². The van der Waals surface area contributed by atoms with Gasteiger partial charge >= 0.3 is 7.12 Å². The Morgan fingerprint density at radius 1 is 1.00 bits per heavy atom. The summed E-state index contributed by atoms with van der Waals surface area (Å²) in [6.07, 6.45) is 0. The van der Waals surface area contributed by atoms with Crippen LogP contribution in [0.2, 0.25) is 15.1 Å². The lowest BCUT2D eigenvalue weighted by molar-refractivity contribution is 0.00578. The Hall–Kier alpha value is 0.0349. The molecular formula is C13H17BCl3NO2. The third kappa shape index (κ3) is 2.70. The number of halogens is 3. The summed E-state index contributed by atoms with van der Waals surface area (Å²) in [5, 5.41) is 1.18. The Labute approximate surface area is 134 Å². The van der Waals surface area contributed by atoms with Crippen molar-refractivity contribution in [3.05, 3.63) is 32.8 Å². The molecule has 7 heteroatoms. The zero-order valence-corrected chi connectivity index (χ0v) is 14.1. The van der Waals surface area contributed by atoms with Crippen LogP contribution in [0.1, 0.15) is 39.2 Å². The van der Waals surface area contributed by atoms with Crippen molar-refractivity contribution >= 4 is 41.9 Å². The predicted molar refractivity (Wildman–Crippen MR) is 84.5 cm³/mol. The van der Waals surface area contributed by atoms with Crippen LogP contribution in [0.25, 0.3) is 0 Å². The summed E-state index contributed by atoms with van der Waals surface area (Å²) in [5.41, 5.74) is 5.85. The van der Waals surface area contributed by atoms with Gasteiger partial charge in [0.1, 0.15) is 0 Å². The SMILES string of the molecule is CC1(C)OB([C@@H](N)c2c(Cl)ccc(Cl)c2Cl)OC1(C)C. The molecule has 1 aliphatic rings. The largest absolute Gasteiger partial charge is 0.480 e. The van der Waals surface area contributed by atoms with Gasteiger partial charge in [0.05, 0.1) is 27.2 Å².